The van der Waals surface area contributed by atoms with Crippen LogP contribution in [0, 0.1) is 0 Å². The van der Waals surface area contributed by atoms with Gasteiger partial charge in [0.2, 0.25) is 17.6 Å². The van der Waals surface area contributed by atoms with Crippen molar-refractivity contribution in [1.29, 1.82) is 0 Å². The Hall–Kier alpha value is -4.54. The van der Waals surface area contributed by atoms with E-state index < -0.39 is 0 Å². The lowest BCUT2D eigenvalue weighted by atomic mass is 10.1. The van der Waals surface area contributed by atoms with Gasteiger partial charge in [-0.1, -0.05) is 24.3 Å². The SMILES string of the molecule is CCn1cc(O)nc1-c1ccc([C@H](C)n2ncc3cnc(-c4c(OC)ncnc4OC)nc32)cc1. The quantitative estimate of drug-likeness (QED) is 0.379. The van der Waals surface area contributed by atoms with Crippen LogP contribution in [-0.4, -0.2) is 58.6 Å². The van der Waals surface area contributed by atoms with E-state index in [2.05, 4.69) is 32.0 Å². The van der Waals surface area contributed by atoms with Crippen molar-refractivity contribution < 1.29 is 14.6 Å². The maximum absolute atomic E-state index is 9.79. The van der Waals surface area contributed by atoms with Gasteiger partial charge in [0.15, 0.2) is 11.5 Å². The van der Waals surface area contributed by atoms with Crippen LogP contribution in [0.25, 0.3) is 33.8 Å². The fourth-order valence-electron chi connectivity index (χ4n) is 4.02. The molecule has 0 unspecified atom stereocenters. The molecule has 0 bridgehead atoms. The van der Waals surface area contributed by atoms with Crippen molar-refractivity contribution in [3.63, 3.8) is 0 Å². The Morgan fingerprint density at radius 2 is 1.69 bits per heavy atom. The Kier molecular flexibility index (Phi) is 5.73. The summed E-state index contributed by atoms with van der Waals surface area (Å²) in [5.41, 5.74) is 3.09. The van der Waals surface area contributed by atoms with Crippen LogP contribution in [-0.2, 0) is 6.54 Å². The van der Waals surface area contributed by atoms with E-state index in [9.17, 15) is 5.11 Å². The molecule has 0 saturated heterocycles. The van der Waals surface area contributed by atoms with Crippen molar-refractivity contribution in [2.45, 2.75) is 26.4 Å². The predicted molar refractivity (Wildman–Crippen MR) is 128 cm³/mol. The number of aryl methyl sites for hydroxylation is 1. The van der Waals surface area contributed by atoms with Gasteiger partial charge in [-0.15, -0.1) is 0 Å². The molecule has 1 atom stereocenters. The third-order valence-corrected chi connectivity index (χ3v) is 5.84. The monoisotopic (exact) mass is 472 g/mol. The average molecular weight is 473 g/mol. The fourth-order valence-corrected chi connectivity index (χ4v) is 4.02. The number of imidazole rings is 1. The Bertz CT molecular complexity index is 1470. The van der Waals surface area contributed by atoms with E-state index in [1.165, 1.54) is 20.5 Å². The molecule has 1 N–H and O–H groups in total. The molecule has 35 heavy (non-hydrogen) atoms. The van der Waals surface area contributed by atoms with Crippen LogP contribution >= 0.6 is 0 Å². The molecular formula is C24H24N8O3. The summed E-state index contributed by atoms with van der Waals surface area (Å²) in [5.74, 6) is 1.75. The van der Waals surface area contributed by atoms with E-state index in [4.69, 9.17) is 14.5 Å². The largest absolute Gasteiger partial charge is 0.492 e. The molecular weight excluding hydrogens is 448 g/mol. The highest BCUT2D eigenvalue weighted by Crippen LogP contribution is 2.34. The first-order valence-electron chi connectivity index (χ1n) is 11.0. The van der Waals surface area contributed by atoms with E-state index in [1.54, 1.807) is 18.6 Å². The molecule has 0 saturated carbocycles. The number of ether oxygens (including phenoxy) is 2. The van der Waals surface area contributed by atoms with Crippen LogP contribution in [0.4, 0.5) is 0 Å². The predicted octanol–water partition coefficient (Wildman–Crippen LogP) is 3.50. The van der Waals surface area contributed by atoms with Crippen LogP contribution in [0.15, 0.2) is 49.2 Å². The summed E-state index contributed by atoms with van der Waals surface area (Å²) in [6, 6.07) is 7.92. The zero-order valence-corrected chi connectivity index (χ0v) is 19.7. The number of aromatic hydroxyl groups is 1. The van der Waals surface area contributed by atoms with Crippen LogP contribution in [0.1, 0.15) is 25.5 Å². The number of nitrogens with zero attached hydrogens (tertiary/aromatic N) is 8. The van der Waals surface area contributed by atoms with Gasteiger partial charge < -0.3 is 19.1 Å². The van der Waals surface area contributed by atoms with Gasteiger partial charge in [-0.25, -0.2) is 24.6 Å². The topological polar surface area (TPSA) is 126 Å². The highest BCUT2D eigenvalue weighted by atomic mass is 16.5. The summed E-state index contributed by atoms with van der Waals surface area (Å²) >= 11 is 0. The molecule has 0 aliphatic rings. The Labute approximate surface area is 201 Å². The molecule has 0 aliphatic carbocycles. The summed E-state index contributed by atoms with van der Waals surface area (Å²) < 4.78 is 14.5. The molecule has 0 fully saturated rings. The number of aromatic nitrogens is 8. The molecule has 178 valence electrons. The summed E-state index contributed by atoms with van der Waals surface area (Å²) in [6.45, 7) is 4.77. The minimum absolute atomic E-state index is 0.00914. The molecule has 11 heteroatoms. The van der Waals surface area contributed by atoms with Crippen molar-refractivity contribution in [2.75, 3.05) is 14.2 Å². The Morgan fingerprint density at radius 1 is 0.971 bits per heavy atom. The Balaban J connectivity index is 1.52. The second-order valence-electron chi connectivity index (χ2n) is 7.84. The minimum Gasteiger partial charge on any atom is -0.492 e. The van der Waals surface area contributed by atoms with Gasteiger partial charge in [-0.05, 0) is 19.4 Å². The van der Waals surface area contributed by atoms with Gasteiger partial charge >= 0.3 is 0 Å². The average Bonchev–Trinajstić information content (AvgIpc) is 3.50. The first-order chi connectivity index (χ1) is 17.0. The highest BCUT2D eigenvalue weighted by Gasteiger charge is 2.21. The molecule has 11 nitrogen and oxygen atoms in total. The van der Waals surface area contributed by atoms with Gasteiger partial charge in [-0.2, -0.15) is 10.1 Å². The molecule has 0 spiro atoms. The first-order valence-corrected chi connectivity index (χ1v) is 11.0. The third-order valence-electron chi connectivity index (χ3n) is 5.84. The van der Waals surface area contributed by atoms with Crippen LogP contribution in [0.3, 0.4) is 0 Å². The molecule has 5 rings (SSSR count). The van der Waals surface area contributed by atoms with E-state index in [0.29, 0.717) is 35.3 Å². The number of fused-ring (bicyclic) bond motifs is 1. The molecule has 0 aliphatic heterocycles. The van der Waals surface area contributed by atoms with Crippen molar-refractivity contribution in [1.82, 2.24) is 39.3 Å². The van der Waals surface area contributed by atoms with Crippen molar-refractivity contribution in [2.24, 2.45) is 0 Å². The highest BCUT2D eigenvalue weighted by molar-refractivity contribution is 5.78. The molecule has 0 radical (unpaired) electrons. The van der Waals surface area contributed by atoms with Crippen LogP contribution in [0.2, 0.25) is 0 Å². The van der Waals surface area contributed by atoms with Crippen molar-refractivity contribution >= 4 is 11.0 Å². The second-order valence-corrected chi connectivity index (χ2v) is 7.84. The van der Waals surface area contributed by atoms with E-state index in [0.717, 1.165) is 22.3 Å². The van der Waals surface area contributed by atoms with Crippen molar-refractivity contribution in [3.05, 3.63) is 54.7 Å². The first kappa shape index (κ1) is 22.3. The normalized spacial score (nSPS) is 12.1. The van der Waals surface area contributed by atoms with Gasteiger partial charge in [-0.3, -0.25) is 0 Å². The fraction of sp³-hybridized carbons (Fsp3) is 0.250. The summed E-state index contributed by atoms with van der Waals surface area (Å²) in [5, 5.41) is 15.2. The van der Waals surface area contributed by atoms with E-state index >= 15 is 0 Å². The molecule has 4 heterocycles. The molecule has 1 aromatic carbocycles. The second kappa shape index (κ2) is 9.01. The summed E-state index contributed by atoms with van der Waals surface area (Å²) in [7, 11) is 3.04. The zero-order valence-electron chi connectivity index (χ0n) is 19.7. The lowest BCUT2D eigenvalue weighted by molar-refractivity contribution is 0.374. The Morgan fingerprint density at radius 3 is 2.34 bits per heavy atom. The van der Waals surface area contributed by atoms with E-state index in [-0.39, 0.29) is 11.9 Å². The zero-order chi connectivity index (χ0) is 24.5. The summed E-state index contributed by atoms with van der Waals surface area (Å²) in [4.78, 5) is 21.8. The third kappa shape index (κ3) is 3.90. The molecule has 5 aromatic rings. The van der Waals surface area contributed by atoms with Crippen LogP contribution < -0.4 is 9.47 Å². The lowest BCUT2D eigenvalue weighted by Gasteiger charge is -2.15. The number of methoxy groups -OCH3 is 2. The summed E-state index contributed by atoms with van der Waals surface area (Å²) in [6.07, 6.45) is 6.44. The van der Waals surface area contributed by atoms with Crippen LogP contribution in [0.5, 0.6) is 17.6 Å². The van der Waals surface area contributed by atoms with Gasteiger partial charge in [0, 0.05) is 18.3 Å². The van der Waals surface area contributed by atoms with Gasteiger partial charge in [0.05, 0.1) is 38.0 Å². The standard InChI is InChI=1S/C24H24N8O3/c1-5-31-12-18(33)29-21(31)16-8-6-15(7-9-16)14(2)32-22-17(11-28-32)10-25-20(30-22)19-23(34-3)26-13-27-24(19)35-4/h6-14,33H,5H2,1-4H3/t14-/m0/s1. The van der Waals surface area contributed by atoms with Gasteiger partial charge in [0.25, 0.3) is 0 Å². The minimum atomic E-state index is -0.112. The lowest BCUT2D eigenvalue weighted by Crippen LogP contribution is -2.10. The maximum atomic E-state index is 9.79. The number of hydrogen-bond donors (Lipinski definition) is 1. The number of hydrogen-bond acceptors (Lipinski definition) is 9. The molecule has 4 aromatic heterocycles. The number of rotatable bonds is 7. The smallest absolute Gasteiger partial charge is 0.231 e. The number of benzene rings is 1. The van der Waals surface area contributed by atoms with Crippen molar-refractivity contribution in [3.8, 4) is 40.4 Å². The van der Waals surface area contributed by atoms with E-state index in [1.807, 2.05) is 40.4 Å². The maximum Gasteiger partial charge on any atom is 0.231 e. The molecule has 0 amide bonds. The van der Waals surface area contributed by atoms with Gasteiger partial charge in [0.1, 0.15) is 17.7 Å².